The van der Waals surface area contributed by atoms with Crippen molar-refractivity contribution in [3.8, 4) is 0 Å². The number of carbonyl (C=O) groups is 2. The Morgan fingerprint density at radius 3 is 1.62 bits per heavy atom. The first-order chi connectivity index (χ1) is 6.01. The molecule has 78 valence electrons. The van der Waals surface area contributed by atoms with E-state index >= 15 is 0 Å². The third kappa shape index (κ3) is 8.81. The van der Waals surface area contributed by atoms with Crippen molar-refractivity contribution >= 4 is 11.9 Å². The van der Waals surface area contributed by atoms with E-state index in [4.69, 9.17) is 10.2 Å². The Balaban J connectivity index is 0. The van der Waals surface area contributed by atoms with Crippen LogP contribution in [0.25, 0.3) is 0 Å². The number of hydrogen-bond acceptors (Lipinski definition) is 3. The second-order valence-electron chi connectivity index (χ2n) is 2.52. The molecule has 0 aliphatic carbocycles. The smallest absolute Gasteiger partial charge is 0.317 e. The van der Waals surface area contributed by atoms with Crippen LogP contribution in [0.15, 0.2) is 0 Å². The average molecular weight is 191 g/mol. The van der Waals surface area contributed by atoms with Gasteiger partial charge in [-0.25, -0.2) is 0 Å². The van der Waals surface area contributed by atoms with Gasteiger partial charge in [0, 0.05) is 0 Å². The van der Waals surface area contributed by atoms with Crippen molar-refractivity contribution in [2.45, 2.75) is 19.8 Å². The fraction of sp³-hybridized carbons (Fsp3) is 0.750. The van der Waals surface area contributed by atoms with E-state index in [0.29, 0.717) is 6.42 Å². The van der Waals surface area contributed by atoms with Gasteiger partial charge < -0.3 is 15.5 Å². The molecule has 0 aliphatic rings. The zero-order valence-electron chi connectivity index (χ0n) is 8.20. The summed E-state index contributed by atoms with van der Waals surface area (Å²) in [6.07, 6.45) is 0.772. The first kappa shape index (κ1) is 14.4. The molecule has 0 heterocycles. The van der Waals surface area contributed by atoms with Crippen LogP contribution in [0.1, 0.15) is 19.8 Å². The van der Waals surface area contributed by atoms with Crippen LogP contribution in [0.2, 0.25) is 0 Å². The van der Waals surface area contributed by atoms with E-state index in [1.165, 1.54) is 0 Å². The van der Waals surface area contributed by atoms with E-state index in [1.54, 1.807) is 6.92 Å². The third-order valence-electron chi connectivity index (χ3n) is 1.17. The van der Waals surface area contributed by atoms with E-state index in [1.807, 2.05) is 14.1 Å². The number of carboxylic acid groups (broad SMARTS) is 2. The second-order valence-corrected chi connectivity index (χ2v) is 2.52. The Morgan fingerprint density at radius 1 is 1.23 bits per heavy atom. The molecule has 0 saturated heterocycles. The maximum atomic E-state index is 10.2. The molecule has 13 heavy (non-hydrogen) atoms. The molecule has 0 aromatic carbocycles. The Hall–Kier alpha value is -1.10. The van der Waals surface area contributed by atoms with Gasteiger partial charge in [0.25, 0.3) is 0 Å². The minimum absolute atomic E-state index is 0.199. The lowest BCUT2D eigenvalue weighted by molar-refractivity contribution is -0.154. The predicted octanol–water partition coefficient (Wildman–Crippen LogP) is 0.407. The molecule has 0 saturated carbocycles. The summed E-state index contributed by atoms with van der Waals surface area (Å²) in [6, 6.07) is 0. The van der Waals surface area contributed by atoms with Gasteiger partial charge in [-0.3, -0.25) is 9.59 Å². The molecule has 0 aromatic heterocycles. The molecule has 5 nitrogen and oxygen atoms in total. The van der Waals surface area contributed by atoms with E-state index in [2.05, 4.69) is 5.32 Å². The molecule has 0 fully saturated rings. The molecule has 0 aliphatic heterocycles. The van der Waals surface area contributed by atoms with Gasteiger partial charge in [0.2, 0.25) is 0 Å². The van der Waals surface area contributed by atoms with Gasteiger partial charge in [-0.2, -0.15) is 0 Å². The molecule has 0 radical (unpaired) electrons. The van der Waals surface area contributed by atoms with Crippen molar-refractivity contribution in [2.24, 2.45) is 5.92 Å². The first-order valence-corrected chi connectivity index (χ1v) is 4.05. The van der Waals surface area contributed by atoms with Crippen molar-refractivity contribution in [1.82, 2.24) is 5.32 Å². The van der Waals surface area contributed by atoms with Crippen LogP contribution in [-0.2, 0) is 9.59 Å². The minimum Gasteiger partial charge on any atom is -0.481 e. The normalized spacial score (nSPS) is 8.92. The van der Waals surface area contributed by atoms with Gasteiger partial charge in [0.1, 0.15) is 0 Å². The summed E-state index contributed by atoms with van der Waals surface area (Å²) in [6.45, 7) is 1.75. The highest BCUT2D eigenvalue weighted by Crippen LogP contribution is 2.05. The summed E-state index contributed by atoms with van der Waals surface area (Å²) in [5, 5.41) is 19.3. The van der Waals surface area contributed by atoms with Gasteiger partial charge in [0.15, 0.2) is 5.92 Å². The largest absolute Gasteiger partial charge is 0.481 e. The van der Waals surface area contributed by atoms with Crippen molar-refractivity contribution < 1.29 is 19.8 Å². The Morgan fingerprint density at radius 2 is 1.54 bits per heavy atom. The molecule has 0 aromatic rings. The molecule has 3 N–H and O–H groups in total. The number of carboxylic acids is 2. The molecule has 5 heteroatoms. The summed E-state index contributed by atoms with van der Waals surface area (Å²) in [7, 11) is 3.75. The minimum atomic E-state index is -1.26. The topological polar surface area (TPSA) is 86.6 Å². The van der Waals surface area contributed by atoms with Gasteiger partial charge in [-0.05, 0) is 20.5 Å². The van der Waals surface area contributed by atoms with E-state index in [-0.39, 0.29) is 6.42 Å². The summed E-state index contributed by atoms with van der Waals surface area (Å²) in [4.78, 5) is 20.3. The van der Waals surface area contributed by atoms with Crippen LogP contribution < -0.4 is 5.32 Å². The van der Waals surface area contributed by atoms with Crippen LogP contribution in [0.5, 0.6) is 0 Å². The lowest BCUT2D eigenvalue weighted by atomic mass is 10.1. The van der Waals surface area contributed by atoms with Crippen molar-refractivity contribution in [2.75, 3.05) is 14.1 Å². The van der Waals surface area contributed by atoms with E-state index in [9.17, 15) is 9.59 Å². The molecule has 0 amide bonds. The first-order valence-electron chi connectivity index (χ1n) is 4.05. The van der Waals surface area contributed by atoms with Crippen LogP contribution in [0, 0.1) is 5.92 Å². The molecule has 0 unspecified atom stereocenters. The van der Waals surface area contributed by atoms with Gasteiger partial charge >= 0.3 is 11.9 Å². The quantitative estimate of drug-likeness (QED) is 0.560. The molecule has 0 atom stereocenters. The van der Waals surface area contributed by atoms with E-state index < -0.39 is 17.9 Å². The predicted molar refractivity (Wildman–Crippen MR) is 48.7 cm³/mol. The summed E-state index contributed by atoms with van der Waals surface area (Å²) >= 11 is 0. The summed E-state index contributed by atoms with van der Waals surface area (Å²) < 4.78 is 0. The van der Waals surface area contributed by atoms with Crippen molar-refractivity contribution in [3.05, 3.63) is 0 Å². The standard InChI is InChI=1S/C6H10O4.C2H7N/c1-2-3-4(5(7)8)6(9)10;1-3-2/h4H,2-3H2,1H3,(H,7,8)(H,9,10);3H,1-2H3. The van der Waals surface area contributed by atoms with Gasteiger partial charge in [-0.15, -0.1) is 0 Å². The Bertz CT molecular complexity index is 144. The summed E-state index contributed by atoms with van der Waals surface area (Å²) in [5.41, 5.74) is 0. The third-order valence-corrected chi connectivity index (χ3v) is 1.17. The van der Waals surface area contributed by atoms with Crippen LogP contribution in [-0.4, -0.2) is 36.2 Å². The lowest BCUT2D eigenvalue weighted by Gasteiger charge is -2.02. The zero-order valence-corrected chi connectivity index (χ0v) is 8.20. The molecular weight excluding hydrogens is 174 g/mol. The Kier molecular flexibility index (Phi) is 9.98. The number of rotatable bonds is 4. The maximum Gasteiger partial charge on any atom is 0.317 e. The fourth-order valence-electron chi connectivity index (χ4n) is 0.641. The summed E-state index contributed by atoms with van der Waals surface area (Å²) in [5.74, 6) is -3.74. The van der Waals surface area contributed by atoms with Gasteiger partial charge in [0.05, 0.1) is 0 Å². The average Bonchev–Trinajstić information content (AvgIpc) is 2.00. The highest BCUT2D eigenvalue weighted by molar-refractivity contribution is 5.92. The molecule has 0 rings (SSSR count). The molecule has 0 bridgehead atoms. The maximum absolute atomic E-state index is 10.2. The number of nitrogens with one attached hydrogen (secondary N) is 1. The molecule has 0 spiro atoms. The van der Waals surface area contributed by atoms with Crippen LogP contribution in [0.3, 0.4) is 0 Å². The molecular formula is C8H17NO4. The second kappa shape index (κ2) is 8.99. The van der Waals surface area contributed by atoms with Gasteiger partial charge in [-0.1, -0.05) is 13.3 Å². The Labute approximate surface area is 77.8 Å². The van der Waals surface area contributed by atoms with Crippen molar-refractivity contribution in [3.63, 3.8) is 0 Å². The zero-order chi connectivity index (χ0) is 10.9. The monoisotopic (exact) mass is 191 g/mol. The number of hydrogen-bond donors (Lipinski definition) is 3. The van der Waals surface area contributed by atoms with Crippen LogP contribution >= 0.6 is 0 Å². The van der Waals surface area contributed by atoms with Crippen molar-refractivity contribution in [1.29, 1.82) is 0 Å². The van der Waals surface area contributed by atoms with Crippen LogP contribution in [0.4, 0.5) is 0 Å². The number of aliphatic carboxylic acids is 2. The lowest BCUT2D eigenvalue weighted by Crippen LogP contribution is -2.22. The SMILES string of the molecule is CCCC(C(=O)O)C(=O)O.CNC. The highest BCUT2D eigenvalue weighted by atomic mass is 16.4. The fourth-order valence-corrected chi connectivity index (χ4v) is 0.641. The van der Waals surface area contributed by atoms with E-state index in [0.717, 1.165) is 0 Å². The highest BCUT2D eigenvalue weighted by Gasteiger charge is 2.23.